The van der Waals surface area contributed by atoms with Crippen molar-refractivity contribution in [1.82, 2.24) is 4.90 Å². The smallest absolute Gasteiger partial charge is 0.233 e. The van der Waals surface area contributed by atoms with E-state index in [9.17, 15) is 4.79 Å². The summed E-state index contributed by atoms with van der Waals surface area (Å²) < 4.78 is 0. The van der Waals surface area contributed by atoms with Gasteiger partial charge in [-0.25, -0.2) is 0 Å². The van der Waals surface area contributed by atoms with E-state index in [-0.39, 0.29) is 5.41 Å². The second-order valence-electron chi connectivity index (χ2n) is 5.49. The molecule has 1 aliphatic carbocycles. The van der Waals surface area contributed by atoms with Crippen molar-refractivity contribution < 1.29 is 4.79 Å². The van der Waals surface area contributed by atoms with Crippen LogP contribution in [0.5, 0.6) is 0 Å². The predicted octanol–water partition coefficient (Wildman–Crippen LogP) is 3.76. The van der Waals surface area contributed by atoms with E-state index in [1.807, 2.05) is 11.0 Å². The first-order valence-electron chi connectivity index (χ1n) is 7.59. The summed E-state index contributed by atoms with van der Waals surface area (Å²) >= 11 is 0. The summed E-state index contributed by atoms with van der Waals surface area (Å²) in [5.41, 5.74) is 0.956. The quantitative estimate of drug-likeness (QED) is 0.806. The van der Waals surface area contributed by atoms with Crippen molar-refractivity contribution in [1.29, 1.82) is 0 Å². The zero-order valence-corrected chi connectivity index (χ0v) is 12.2. The molecule has 1 fully saturated rings. The summed E-state index contributed by atoms with van der Waals surface area (Å²) in [7, 11) is 0. The highest BCUT2D eigenvalue weighted by Gasteiger charge is 2.42. The molecule has 0 heterocycles. The Kier molecular flexibility index (Phi) is 4.62. The third-order valence-corrected chi connectivity index (χ3v) is 4.49. The van der Waals surface area contributed by atoms with Gasteiger partial charge in [-0.1, -0.05) is 49.6 Å². The molecule has 0 N–H and O–H groups in total. The number of amides is 1. The first-order chi connectivity index (χ1) is 9.24. The number of rotatable bonds is 4. The normalized spacial score (nSPS) is 18.0. The van der Waals surface area contributed by atoms with Gasteiger partial charge in [-0.15, -0.1) is 0 Å². The number of benzene rings is 1. The minimum Gasteiger partial charge on any atom is -0.342 e. The van der Waals surface area contributed by atoms with Crippen LogP contribution in [0.3, 0.4) is 0 Å². The van der Waals surface area contributed by atoms with E-state index in [2.05, 4.69) is 38.1 Å². The van der Waals surface area contributed by atoms with Gasteiger partial charge in [0.2, 0.25) is 5.91 Å². The lowest BCUT2D eigenvalue weighted by Gasteiger charge is -2.40. The van der Waals surface area contributed by atoms with E-state index in [1.54, 1.807) is 0 Å². The van der Waals surface area contributed by atoms with E-state index in [1.165, 1.54) is 24.8 Å². The fourth-order valence-corrected chi connectivity index (χ4v) is 3.35. The summed E-state index contributed by atoms with van der Waals surface area (Å²) in [6, 6.07) is 10.4. The molecule has 1 saturated carbocycles. The van der Waals surface area contributed by atoms with Crippen LogP contribution in [-0.2, 0) is 10.2 Å². The molecule has 0 aliphatic heterocycles. The molecule has 0 aromatic heterocycles. The fraction of sp³-hybridized carbons (Fsp3) is 0.588. The van der Waals surface area contributed by atoms with Crippen molar-refractivity contribution in [3.8, 4) is 0 Å². The second-order valence-corrected chi connectivity index (χ2v) is 5.49. The highest BCUT2D eigenvalue weighted by molar-refractivity contribution is 5.88. The van der Waals surface area contributed by atoms with Crippen molar-refractivity contribution in [2.45, 2.75) is 51.4 Å². The molecular weight excluding hydrogens is 234 g/mol. The summed E-state index contributed by atoms with van der Waals surface area (Å²) in [6.45, 7) is 5.76. The Bertz CT molecular complexity index is 403. The molecule has 2 nitrogen and oxygen atoms in total. The predicted molar refractivity (Wildman–Crippen MR) is 79.1 cm³/mol. The van der Waals surface area contributed by atoms with Crippen LogP contribution < -0.4 is 0 Å². The molecule has 0 unspecified atom stereocenters. The van der Waals surface area contributed by atoms with Gasteiger partial charge in [-0.05, 0) is 32.3 Å². The summed E-state index contributed by atoms with van der Waals surface area (Å²) in [4.78, 5) is 15.0. The fourth-order valence-electron chi connectivity index (χ4n) is 3.35. The molecule has 104 valence electrons. The van der Waals surface area contributed by atoms with Gasteiger partial charge in [-0.2, -0.15) is 0 Å². The Morgan fingerprint density at radius 2 is 1.63 bits per heavy atom. The lowest BCUT2D eigenvalue weighted by Crippen LogP contribution is -2.48. The molecule has 1 aromatic carbocycles. The average molecular weight is 259 g/mol. The van der Waals surface area contributed by atoms with E-state index in [0.29, 0.717) is 5.91 Å². The molecule has 2 rings (SSSR count). The number of nitrogens with zero attached hydrogens (tertiary/aromatic N) is 1. The highest BCUT2D eigenvalue weighted by atomic mass is 16.2. The van der Waals surface area contributed by atoms with Gasteiger partial charge >= 0.3 is 0 Å². The van der Waals surface area contributed by atoms with Gasteiger partial charge in [0.25, 0.3) is 0 Å². The van der Waals surface area contributed by atoms with E-state index in [4.69, 9.17) is 0 Å². The molecule has 0 atom stereocenters. The van der Waals surface area contributed by atoms with Crippen LogP contribution >= 0.6 is 0 Å². The van der Waals surface area contributed by atoms with Crippen molar-refractivity contribution in [3.05, 3.63) is 35.9 Å². The van der Waals surface area contributed by atoms with Gasteiger partial charge in [0.1, 0.15) is 0 Å². The highest BCUT2D eigenvalue weighted by Crippen LogP contribution is 2.40. The minimum atomic E-state index is -0.258. The topological polar surface area (TPSA) is 20.3 Å². The SMILES string of the molecule is CCN(CC)C(=O)C1(c2ccccc2)CCCCC1. The molecule has 1 aliphatic rings. The Balaban J connectivity index is 2.37. The summed E-state index contributed by atoms with van der Waals surface area (Å²) in [5, 5.41) is 0. The Hall–Kier alpha value is -1.31. The maximum atomic E-state index is 13.0. The van der Waals surface area contributed by atoms with Crippen LogP contribution in [-0.4, -0.2) is 23.9 Å². The zero-order valence-electron chi connectivity index (χ0n) is 12.2. The maximum absolute atomic E-state index is 13.0. The zero-order chi connectivity index (χ0) is 13.7. The molecule has 0 bridgehead atoms. The van der Waals surface area contributed by atoms with E-state index < -0.39 is 0 Å². The molecule has 0 saturated heterocycles. The third-order valence-electron chi connectivity index (χ3n) is 4.49. The molecule has 2 heteroatoms. The molecule has 1 aromatic rings. The van der Waals surface area contributed by atoms with Gasteiger partial charge in [-0.3, -0.25) is 4.79 Å². The summed E-state index contributed by atoms with van der Waals surface area (Å²) in [5.74, 6) is 0.336. The van der Waals surface area contributed by atoms with E-state index in [0.717, 1.165) is 25.9 Å². The molecule has 0 spiro atoms. The van der Waals surface area contributed by atoms with Gasteiger partial charge in [0.05, 0.1) is 5.41 Å². The Morgan fingerprint density at radius 1 is 1.05 bits per heavy atom. The van der Waals surface area contributed by atoms with Gasteiger partial charge < -0.3 is 4.90 Å². The number of hydrogen-bond donors (Lipinski definition) is 0. The van der Waals surface area contributed by atoms with Crippen molar-refractivity contribution >= 4 is 5.91 Å². The van der Waals surface area contributed by atoms with Crippen LogP contribution in [0, 0.1) is 0 Å². The number of carbonyl (C=O) groups excluding carboxylic acids is 1. The van der Waals surface area contributed by atoms with Crippen LogP contribution in [0.4, 0.5) is 0 Å². The minimum absolute atomic E-state index is 0.258. The standard InChI is InChI=1S/C17H25NO/c1-3-18(4-2)16(19)17(13-9-6-10-14-17)15-11-7-5-8-12-15/h5,7-8,11-12H,3-4,6,9-10,13-14H2,1-2H3. The largest absolute Gasteiger partial charge is 0.342 e. The third kappa shape index (κ3) is 2.68. The van der Waals surface area contributed by atoms with Crippen LogP contribution in [0.15, 0.2) is 30.3 Å². The van der Waals surface area contributed by atoms with Gasteiger partial charge in [0, 0.05) is 13.1 Å². The monoisotopic (exact) mass is 259 g/mol. The Morgan fingerprint density at radius 3 is 2.16 bits per heavy atom. The van der Waals surface area contributed by atoms with E-state index >= 15 is 0 Å². The van der Waals surface area contributed by atoms with Crippen molar-refractivity contribution in [2.75, 3.05) is 13.1 Å². The number of likely N-dealkylation sites (N-methyl/N-ethyl adjacent to an activating group) is 1. The molecule has 19 heavy (non-hydrogen) atoms. The maximum Gasteiger partial charge on any atom is 0.233 e. The second kappa shape index (κ2) is 6.23. The van der Waals surface area contributed by atoms with Crippen molar-refractivity contribution in [2.24, 2.45) is 0 Å². The first kappa shape index (κ1) is 14.1. The summed E-state index contributed by atoms with van der Waals surface area (Å²) in [6.07, 6.45) is 5.61. The number of hydrogen-bond acceptors (Lipinski definition) is 1. The van der Waals surface area contributed by atoms with Crippen LogP contribution in [0.1, 0.15) is 51.5 Å². The van der Waals surface area contributed by atoms with Crippen LogP contribution in [0.25, 0.3) is 0 Å². The molecular formula is C17H25NO. The van der Waals surface area contributed by atoms with Crippen molar-refractivity contribution in [3.63, 3.8) is 0 Å². The van der Waals surface area contributed by atoms with Crippen LogP contribution in [0.2, 0.25) is 0 Å². The first-order valence-corrected chi connectivity index (χ1v) is 7.59. The lowest BCUT2D eigenvalue weighted by atomic mass is 9.68. The average Bonchev–Trinajstić information content (AvgIpc) is 2.50. The Labute approximate surface area is 116 Å². The van der Waals surface area contributed by atoms with Gasteiger partial charge in [0.15, 0.2) is 0 Å². The molecule has 0 radical (unpaired) electrons. The molecule has 1 amide bonds. The number of carbonyl (C=O) groups is 1. The lowest BCUT2D eigenvalue weighted by molar-refractivity contribution is -0.138.